The van der Waals surface area contributed by atoms with Crippen LogP contribution in [-0.2, 0) is 32.7 Å². The zero-order chi connectivity index (χ0) is 18.4. The van der Waals surface area contributed by atoms with Crippen molar-refractivity contribution < 1.29 is 22.7 Å². The van der Waals surface area contributed by atoms with Crippen LogP contribution in [0.1, 0.15) is 18.1 Å². The van der Waals surface area contributed by atoms with Gasteiger partial charge in [-0.05, 0) is 17.7 Å². The Bertz CT molecular complexity index is 834. The molecular weight excluding hydrogens is 342 g/mol. The Labute approximate surface area is 148 Å². The zero-order valence-corrected chi connectivity index (χ0v) is 15.2. The van der Waals surface area contributed by atoms with Gasteiger partial charge in [-0.1, -0.05) is 36.4 Å². The first-order valence-corrected chi connectivity index (χ1v) is 9.48. The molecule has 0 radical (unpaired) electrons. The molecule has 0 saturated heterocycles. The fourth-order valence-corrected chi connectivity index (χ4v) is 3.34. The number of sulfonamides is 1. The summed E-state index contributed by atoms with van der Waals surface area (Å²) < 4.78 is 36.5. The van der Waals surface area contributed by atoms with Crippen molar-refractivity contribution in [2.75, 3.05) is 17.7 Å². The molecule has 0 saturated carbocycles. The lowest BCUT2D eigenvalue weighted by Gasteiger charge is -2.26. The monoisotopic (exact) mass is 363 g/mol. The summed E-state index contributed by atoms with van der Waals surface area (Å²) in [5.74, 6) is 0.00582. The quantitative estimate of drug-likeness (QED) is 0.707. The first kappa shape index (κ1) is 18.8. The molecular formula is C18H21NO5S. The van der Waals surface area contributed by atoms with E-state index in [9.17, 15) is 13.2 Å². The van der Waals surface area contributed by atoms with Gasteiger partial charge in [0.25, 0.3) is 0 Å². The number of hydrogen-bond acceptors (Lipinski definition) is 5. The lowest BCUT2D eigenvalue weighted by molar-refractivity contribution is -0.142. The maximum Gasteiger partial charge on any atom is 0.302 e. The van der Waals surface area contributed by atoms with E-state index in [0.717, 1.165) is 11.8 Å². The van der Waals surface area contributed by atoms with E-state index in [0.29, 0.717) is 17.0 Å². The molecule has 0 aliphatic rings. The number of carbonyl (C=O) groups is 1. The molecule has 0 aliphatic heterocycles. The Balaban J connectivity index is 2.51. The van der Waals surface area contributed by atoms with E-state index in [1.54, 1.807) is 18.2 Å². The van der Waals surface area contributed by atoms with Gasteiger partial charge >= 0.3 is 5.97 Å². The molecule has 0 N–H and O–H groups in total. The predicted octanol–water partition coefficient (Wildman–Crippen LogP) is 2.72. The van der Waals surface area contributed by atoms with Gasteiger partial charge in [0.05, 0.1) is 31.2 Å². The van der Waals surface area contributed by atoms with Gasteiger partial charge in [-0.15, -0.1) is 0 Å². The fourth-order valence-electron chi connectivity index (χ4n) is 2.43. The number of benzene rings is 2. The van der Waals surface area contributed by atoms with Crippen molar-refractivity contribution in [3.05, 3.63) is 59.7 Å². The number of nitrogens with zero attached hydrogens (tertiary/aromatic N) is 1. The molecule has 7 heteroatoms. The predicted molar refractivity (Wildman–Crippen MR) is 95.9 cm³/mol. The summed E-state index contributed by atoms with van der Waals surface area (Å²) in [6.07, 6.45) is 1.14. The van der Waals surface area contributed by atoms with Gasteiger partial charge in [0, 0.05) is 6.92 Å². The minimum Gasteiger partial charge on any atom is -0.496 e. The largest absolute Gasteiger partial charge is 0.496 e. The van der Waals surface area contributed by atoms with Gasteiger partial charge < -0.3 is 9.47 Å². The van der Waals surface area contributed by atoms with Crippen LogP contribution in [0.25, 0.3) is 0 Å². The second-order valence-electron chi connectivity index (χ2n) is 5.49. The van der Waals surface area contributed by atoms with Crippen molar-refractivity contribution in [2.24, 2.45) is 0 Å². The third kappa shape index (κ3) is 4.96. The Morgan fingerprint density at radius 2 is 1.76 bits per heavy atom. The molecule has 134 valence electrons. The minimum atomic E-state index is -3.56. The molecule has 25 heavy (non-hydrogen) atoms. The van der Waals surface area contributed by atoms with Crippen molar-refractivity contribution >= 4 is 21.7 Å². The minimum absolute atomic E-state index is 0.0739. The maximum absolute atomic E-state index is 12.4. The molecule has 2 aromatic carbocycles. The lowest BCUT2D eigenvalue weighted by atomic mass is 10.1. The first-order chi connectivity index (χ1) is 11.8. The van der Waals surface area contributed by atoms with Crippen LogP contribution >= 0.6 is 0 Å². The van der Waals surface area contributed by atoms with Crippen LogP contribution < -0.4 is 9.04 Å². The number of rotatable bonds is 7. The standard InChI is InChI=1S/C18H21NO5S/c1-14(20)24-13-16-17(10-7-11-18(16)23-2)19(25(3,21)22)12-15-8-5-4-6-9-15/h4-11H,12-13H2,1-3H3. The van der Waals surface area contributed by atoms with Crippen LogP contribution in [0, 0.1) is 0 Å². The first-order valence-electron chi connectivity index (χ1n) is 7.64. The Morgan fingerprint density at radius 3 is 2.32 bits per heavy atom. The molecule has 6 nitrogen and oxygen atoms in total. The normalized spacial score (nSPS) is 11.0. The van der Waals surface area contributed by atoms with Crippen LogP contribution in [0.15, 0.2) is 48.5 Å². The van der Waals surface area contributed by atoms with Crippen molar-refractivity contribution in [3.8, 4) is 5.75 Å². The number of esters is 1. The molecule has 0 amide bonds. The van der Waals surface area contributed by atoms with Crippen molar-refractivity contribution in [1.82, 2.24) is 0 Å². The second kappa shape index (κ2) is 8.02. The highest BCUT2D eigenvalue weighted by molar-refractivity contribution is 7.92. The molecule has 0 spiro atoms. The molecule has 0 bridgehead atoms. The van der Waals surface area contributed by atoms with Gasteiger partial charge in [-0.3, -0.25) is 9.10 Å². The molecule has 0 aliphatic carbocycles. The Kier molecular flexibility index (Phi) is 6.03. The summed E-state index contributed by atoms with van der Waals surface area (Å²) in [6.45, 7) is 1.39. The number of hydrogen-bond donors (Lipinski definition) is 0. The van der Waals surface area contributed by atoms with Crippen LogP contribution in [0.5, 0.6) is 5.75 Å². The van der Waals surface area contributed by atoms with Gasteiger partial charge in [0.2, 0.25) is 10.0 Å². The molecule has 0 unspecified atom stereocenters. The van der Waals surface area contributed by atoms with Crippen molar-refractivity contribution in [3.63, 3.8) is 0 Å². The summed E-state index contributed by atoms with van der Waals surface area (Å²) in [5.41, 5.74) is 1.77. The topological polar surface area (TPSA) is 72.9 Å². The number of methoxy groups -OCH3 is 1. The van der Waals surface area contributed by atoms with Crippen molar-refractivity contribution in [1.29, 1.82) is 0 Å². The highest BCUT2D eigenvalue weighted by Crippen LogP contribution is 2.32. The third-order valence-corrected chi connectivity index (χ3v) is 4.71. The molecule has 2 aromatic rings. The van der Waals surface area contributed by atoms with Gasteiger partial charge in [-0.25, -0.2) is 8.42 Å². The maximum atomic E-state index is 12.4. The summed E-state index contributed by atoms with van der Waals surface area (Å²) in [6, 6.07) is 14.3. The van der Waals surface area contributed by atoms with Gasteiger partial charge in [0.1, 0.15) is 12.4 Å². The lowest BCUT2D eigenvalue weighted by Crippen LogP contribution is -2.30. The number of carbonyl (C=O) groups excluding carboxylic acids is 1. The van der Waals surface area contributed by atoms with Crippen molar-refractivity contribution in [2.45, 2.75) is 20.1 Å². The van der Waals surface area contributed by atoms with Gasteiger partial charge in [-0.2, -0.15) is 0 Å². The Hall–Kier alpha value is -2.54. The second-order valence-corrected chi connectivity index (χ2v) is 7.40. The van der Waals surface area contributed by atoms with E-state index in [4.69, 9.17) is 9.47 Å². The number of ether oxygens (including phenoxy) is 2. The van der Waals surface area contributed by atoms with E-state index in [-0.39, 0.29) is 13.2 Å². The van der Waals surface area contributed by atoms with Crippen LogP contribution in [-0.4, -0.2) is 27.8 Å². The van der Waals surface area contributed by atoms with Crippen LogP contribution in [0.4, 0.5) is 5.69 Å². The van der Waals surface area contributed by atoms with E-state index in [1.165, 1.54) is 18.3 Å². The SMILES string of the molecule is COc1cccc(N(Cc2ccccc2)S(C)(=O)=O)c1COC(C)=O. The highest BCUT2D eigenvalue weighted by atomic mass is 32.2. The molecule has 0 aromatic heterocycles. The molecule has 0 atom stereocenters. The fraction of sp³-hybridized carbons (Fsp3) is 0.278. The molecule has 2 rings (SSSR count). The van der Waals surface area contributed by atoms with Crippen LogP contribution in [0.3, 0.4) is 0 Å². The molecule has 0 heterocycles. The average molecular weight is 363 g/mol. The van der Waals surface area contributed by atoms with E-state index in [2.05, 4.69) is 0 Å². The summed E-state index contributed by atoms with van der Waals surface area (Å²) in [7, 11) is -2.08. The number of anilines is 1. The highest BCUT2D eigenvalue weighted by Gasteiger charge is 2.23. The summed E-state index contributed by atoms with van der Waals surface area (Å²) >= 11 is 0. The summed E-state index contributed by atoms with van der Waals surface area (Å²) in [5, 5.41) is 0. The zero-order valence-electron chi connectivity index (χ0n) is 14.4. The van der Waals surface area contributed by atoms with E-state index >= 15 is 0 Å². The molecule has 0 fully saturated rings. The Morgan fingerprint density at radius 1 is 1.08 bits per heavy atom. The average Bonchev–Trinajstić information content (AvgIpc) is 2.57. The summed E-state index contributed by atoms with van der Waals surface area (Å²) in [4.78, 5) is 11.2. The van der Waals surface area contributed by atoms with Crippen LogP contribution in [0.2, 0.25) is 0 Å². The smallest absolute Gasteiger partial charge is 0.302 e. The van der Waals surface area contributed by atoms with E-state index in [1.807, 2.05) is 30.3 Å². The third-order valence-electron chi connectivity index (χ3n) is 3.59. The van der Waals surface area contributed by atoms with Gasteiger partial charge in [0.15, 0.2) is 0 Å². The van der Waals surface area contributed by atoms with E-state index < -0.39 is 16.0 Å².